The van der Waals surface area contributed by atoms with Crippen LogP contribution in [0.3, 0.4) is 0 Å². The van der Waals surface area contributed by atoms with Gasteiger partial charge in [0.15, 0.2) is 6.61 Å². The molecule has 3 N–H and O–H groups in total. The zero-order chi connectivity index (χ0) is 15.9. The third-order valence-electron chi connectivity index (χ3n) is 2.56. The summed E-state index contributed by atoms with van der Waals surface area (Å²) in [6.45, 7) is -0.271. The van der Waals surface area contributed by atoms with E-state index in [1.54, 1.807) is 24.3 Å². The highest BCUT2D eigenvalue weighted by Gasteiger charge is 2.10. The van der Waals surface area contributed by atoms with Crippen LogP contribution >= 0.6 is 15.9 Å². The Labute approximate surface area is 133 Å². The molecule has 1 aromatic carbocycles. The second-order valence-electron chi connectivity index (χ2n) is 4.16. The van der Waals surface area contributed by atoms with E-state index in [9.17, 15) is 14.4 Å². The van der Waals surface area contributed by atoms with Crippen LogP contribution in [0.1, 0.15) is 10.4 Å². The van der Waals surface area contributed by atoms with Crippen LogP contribution in [-0.4, -0.2) is 23.4 Å². The Hall–Kier alpha value is -2.61. The number of halogens is 1. The molecule has 0 unspecified atom stereocenters. The Balaban J connectivity index is 1.80. The maximum atomic E-state index is 11.7. The monoisotopic (exact) mass is 365 g/mol. The van der Waals surface area contributed by atoms with E-state index in [1.807, 2.05) is 0 Å². The second-order valence-corrected chi connectivity index (χ2v) is 5.07. The van der Waals surface area contributed by atoms with Gasteiger partial charge in [-0.25, -0.2) is 0 Å². The number of H-pyrrole nitrogens is 1. The van der Waals surface area contributed by atoms with Crippen molar-refractivity contribution in [3.05, 3.63) is 63.0 Å². The lowest BCUT2D eigenvalue weighted by Gasteiger charge is -2.08. The second kappa shape index (κ2) is 7.41. The molecule has 2 aromatic rings. The highest BCUT2D eigenvalue weighted by Crippen LogP contribution is 2.15. The summed E-state index contributed by atoms with van der Waals surface area (Å²) in [6.07, 6.45) is 1.41. The predicted molar refractivity (Wildman–Crippen MR) is 82.3 cm³/mol. The number of pyridine rings is 1. The number of aromatic amines is 1. The summed E-state index contributed by atoms with van der Waals surface area (Å²) in [5.41, 5.74) is 3.66. The zero-order valence-electron chi connectivity index (χ0n) is 11.3. The summed E-state index contributed by atoms with van der Waals surface area (Å²) in [7, 11) is 0. The van der Waals surface area contributed by atoms with Gasteiger partial charge in [-0.1, -0.05) is 15.9 Å². The first-order valence-corrected chi connectivity index (χ1v) is 7.01. The average Bonchev–Trinajstić information content (AvgIpc) is 2.52. The van der Waals surface area contributed by atoms with Gasteiger partial charge < -0.3 is 9.72 Å². The molecule has 0 radical (unpaired) electrons. The van der Waals surface area contributed by atoms with Gasteiger partial charge >= 0.3 is 0 Å². The lowest BCUT2D eigenvalue weighted by atomic mass is 10.3. The Morgan fingerprint density at radius 2 is 1.86 bits per heavy atom. The molecule has 0 aliphatic heterocycles. The molecule has 0 bridgehead atoms. The van der Waals surface area contributed by atoms with Gasteiger partial charge in [-0.2, -0.15) is 0 Å². The number of aromatic nitrogens is 1. The molecular weight excluding hydrogens is 354 g/mol. The number of carbonyl (C=O) groups excluding carboxylic acids is 2. The molecule has 0 spiro atoms. The Bertz CT molecular complexity index is 727. The molecule has 22 heavy (non-hydrogen) atoms. The molecule has 0 saturated heterocycles. The van der Waals surface area contributed by atoms with E-state index in [-0.39, 0.29) is 12.2 Å². The Morgan fingerprint density at radius 1 is 1.14 bits per heavy atom. The molecule has 2 rings (SSSR count). The highest BCUT2D eigenvalue weighted by molar-refractivity contribution is 9.10. The smallest absolute Gasteiger partial charge is 0.276 e. The fourth-order valence-corrected chi connectivity index (χ4v) is 1.77. The number of ether oxygens (including phenoxy) is 1. The van der Waals surface area contributed by atoms with Crippen molar-refractivity contribution in [2.75, 3.05) is 6.61 Å². The minimum atomic E-state index is -0.709. The minimum absolute atomic E-state index is 0.100. The Morgan fingerprint density at radius 3 is 2.55 bits per heavy atom. The third-order valence-corrected chi connectivity index (χ3v) is 3.09. The van der Waals surface area contributed by atoms with E-state index in [0.717, 1.165) is 4.47 Å². The Kier molecular flexibility index (Phi) is 5.31. The van der Waals surface area contributed by atoms with Gasteiger partial charge in [0.1, 0.15) is 11.3 Å². The largest absolute Gasteiger partial charge is 0.484 e. The zero-order valence-corrected chi connectivity index (χ0v) is 12.8. The van der Waals surface area contributed by atoms with Crippen LogP contribution in [0.2, 0.25) is 0 Å². The third kappa shape index (κ3) is 4.45. The van der Waals surface area contributed by atoms with Crippen LogP contribution < -0.4 is 21.1 Å². The number of rotatable bonds is 4. The van der Waals surface area contributed by atoms with Crippen LogP contribution in [0.5, 0.6) is 5.75 Å². The van der Waals surface area contributed by atoms with E-state index in [2.05, 4.69) is 31.8 Å². The van der Waals surface area contributed by atoms with E-state index in [1.165, 1.54) is 18.3 Å². The summed E-state index contributed by atoms with van der Waals surface area (Å²) in [5, 5.41) is 0. The SMILES string of the molecule is O=C(COc1ccc(Br)cc1)NNC(=O)c1ccc[nH]c1=O. The van der Waals surface area contributed by atoms with Gasteiger partial charge in [-0.3, -0.25) is 25.2 Å². The fraction of sp³-hybridized carbons (Fsp3) is 0.0714. The topological polar surface area (TPSA) is 100 Å². The molecule has 0 atom stereocenters. The summed E-state index contributed by atoms with van der Waals surface area (Å²) in [5.74, 6) is -0.744. The number of hydrazine groups is 1. The first kappa shape index (κ1) is 15.8. The summed E-state index contributed by atoms with van der Waals surface area (Å²) in [6, 6.07) is 9.79. The number of amides is 2. The molecule has 114 valence electrons. The number of benzene rings is 1. The van der Waals surface area contributed by atoms with Gasteiger partial charge in [-0.05, 0) is 36.4 Å². The van der Waals surface area contributed by atoms with Crippen molar-refractivity contribution in [3.63, 3.8) is 0 Å². The number of carbonyl (C=O) groups is 2. The highest BCUT2D eigenvalue weighted by atomic mass is 79.9. The quantitative estimate of drug-likeness (QED) is 0.703. The molecule has 0 aliphatic rings. The molecule has 1 aromatic heterocycles. The molecule has 0 aliphatic carbocycles. The van der Waals surface area contributed by atoms with Crippen molar-refractivity contribution in [1.82, 2.24) is 15.8 Å². The van der Waals surface area contributed by atoms with Crippen molar-refractivity contribution in [1.29, 1.82) is 0 Å². The first-order valence-electron chi connectivity index (χ1n) is 6.21. The molecule has 0 fully saturated rings. The molecule has 7 nitrogen and oxygen atoms in total. The van der Waals surface area contributed by atoms with Crippen LogP contribution in [0.15, 0.2) is 51.9 Å². The normalized spacial score (nSPS) is 9.86. The van der Waals surface area contributed by atoms with E-state index in [4.69, 9.17) is 4.74 Å². The molecule has 2 amide bonds. The predicted octanol–water partition coefficient (Wildman–Crippen LogP) is 0.977. The van der Waals surface area contributed by atoms with Gasteiger partial charge in [0.2, 0.25) is 0 Å². The van der Waals surface area contributed by atoms with Crippen molar-refractivity contribution in [2.45, 2.75) is 0 Å². The van der Waals surface area contributed by atoms with Gasteiger partial charge in [0.25, 0.3) is 17.4 Å². The summed E-state index contributed by atoms with van der Waals surface area (Å²) < 4.78 is 6.13. The van der Waals surface area contributed by atoms with Crippen molar-refractivity contribution in [2.24, 2.45) is 0 Å². The minimum Gasteiger partial charge on any atom is -0.484 e. The van der Waals surface area contributed by atoms with Gasteiger partial charge in [0.05, 0.1) is 0 Å². The van der Waals surface area contributed by atoms with Gasteiger partial charge in [0, 0.05) is 10.7 Å². The average molecular weight is 366 g/mol. The van der Waals surface area contributed by atoms with Gasteiger partial charge in [-0.15, -0.1) is 0 Å². The lowest BCUT2D eigenvalue weighted by molar-refractivity contribution is -0.123. The maximum Gasteiger partial charge on any atom is 0.276 e. The van der Waals surface area contributed by atoms with Crippen LogP contribution in [-0.2, 0) is 4.79 Å². The standard InChI is InChI=1S/C14H12BrN3O4/c15-9-3-5-10(6-4-9)22-8-12(19)17-18-14(21)11-2-1-7-16-13(11)20/h1-7H,8H2,(H,16,20)(H,17,19)(H,18,21). The summed E-state index contributed by atoms with van der Waals surface area (Å²) in [4.78, 5) is 37.0. The van der Waals surface area contributed by atoms with E-state index < -0.39 is 17.4 Å². The number of hydrogen-bond acceptors (Lipinski definition) is 4. The maximum absolute atomic E-state index is 11.7. The van der Waals surface area contributed by atoms with Crippen molar-refractivity contribution >= 4 is 27.7 Å². The van der Waals surface area contributed by atoms with Crippen molar-refractivity contribution < 1.29 is 14.3 Å². The van der Waals surface area contributed by atoms with E-state index in [0.29, 0.717) is 5.75 Å². The summed E-state index contributed by atoms with van der Waals surface area (Å²) >= 11 is 3.28. The van der Waals surface area contributed by atoms with Crippen LogP contribution in [0.4, 0.5) is 0 Å². The molecule has 0 saturated carbocycles. The number of nitrogens with one attached hydrogen (secondary N) is 3. The first-order chi connectivity index (χ1) is 10.6. The fourth-order valence-electron chi connectivity index (χ4n) is 1.51. The van der Waals surface area contributed by atoms with E-state index >= 15 is 0 Å². The molecular formula is C14H12BrN3O4. The van der Waals surface area contributed by atoms with Crippen LogP contribution in [0.25, 0.3) is 0 Å². The van der Waals surface area contributed by atoms with Crippen LogP contribution in [0, 0.1) is 0 Å². The van der Waals surface area contributed by atoms with Crippen molar-refractivity contribution in [3.8, 4) is 5.75 Å². The molecule has 1 heterocycles. The molecule has 8 heteroatoms. The lowest BCUT2D eigenvalue weighted by Crippen LogP contribution is -2.45. The number of hydrogen-bond donors (Lipinski definition) is 3.